The van der Waals surface area contributed by atoms with Crippen LogP contribution in [0.15, 0.2) is 170 Å². The highest BCUT2D eigenvalue weighted by Crippen LogP contribution is 2.46. The van der Waals surface area contributed by atoms with Gasteiger partial charge in [0.15, 0.2) is 0 Å². The summed E-state index contributed by atoms with van der Waals surface area (Å²) < 4.78 is 0. The van der Waals surface area contributed by atoms with E-state index in [4.69, 9.17) is 0 Å². The van der Waals surface area contributed by atoms with E-state index >= 15 is 0 Å². The Morgan fingerprint density at radius 1 is 0.370 bits per heavy atom. The van der Waals surface area contributed by atoms with E-state index in [9.17, 15) is 0 Å². The van der Waals surface area contributed by atoms with Crippen molar-refractivity contribution >= 4 is 48.7 Å². The van der Waals surface area contributed by atoms with Crippen LogP contribution in [0.2, 0.25) is 0 Å². The van der Waals surface area contributed by atoms with E-state index in [2.05, 4.69) is 170 Å². The van der Waals surface area contributed by atoms with Gasteiger partial charge in [0.1, 0.15) is 0 Å². The first-order chi connectivity index (χ1) is 22.8. The highest BCUT2D eigenvalue weighted by atomic mass is 14.2. The third-order valence-electron chi connectivity index (χ3n) is 9.70. The molecule has 8 aromatic carbocycles. The van der Waals surface area contributed by atoms with Crippen LogP contribution in [-0.2, 0) is 0 Å². The molecule has 0 saturated carbocycles. The molecule has 0 heterocycles. The normalized spacial score (nSPS) is 13.1. The number of hydrogen-bond acceptors (Lipinski definition) is 0. The summed E-state index contributed by atoms with van der Waals surface area (Å²) in [5.41, 5.74) is 10.4. The maximum absolute atomic E-state index is 2.38. The predicted molar refractivity (Wildman–Crippen MR) is 199 cm³/mol. The summed E-state index contributed by atoms with van der Waals surface area (Å²) in [6.45, 7) is 0. The molecule has 0 aliphatic heterocycles. The molecule has 0 amide bonds. The second-order valence-corrected chi connectivity index (χ2v) is 12.4. The van der Waals surface area contributed by atoms with Crippen molar-refractivity contribution in [3.8, 4) is 33.4 Å². The van der Waals surface area contributed by atoms with Crippen molar-refractivity contribution in [3.05, 3.63) is 175 Å². The van der Waals surface area contributed by atoms with Gasteiger partial charge in [-0.3, -0.25) is 0 Å². The lowest BCUT2D eigenvalue weighted by Crippen LogP contribution is -1.95. The molecule has 0 bridgehead atoms. The minimum Gasteiger partial charge on any atom is -0.0842 e. The van der Waals surface area contributed by atoms with Crippen LogP contribution in [0.3, 0.4) is 0 Å². The fraction of sp³-hybridized carbons (Fsp3) is 0.0435. The van der Waals surface area contributed by atoms with Gasteiger partial charge in [-0.1, -0.05) is 152 Å². The quantitative estimate of drug-likeness (QED) is 0.181. The smallest absolute Gasteiger partial charge is 0.00203 e. The molecule has 0 nitrogen and oxygen atoms in total. The van der Waals surface area contributed by atoms with E-state index in [0.717, 1.165) is 12.8 Å². The van der Waals surface area contributed by atoms with E-state index in [-0.39, 0.29) is 0 Å². The van der Waals surface area contributed by atoms with E-state index < -0.39 is 0 Å². The van der Waals surface area contributed by atoms with Crippen LogP contribution >= 0.6 is 0 Å². The summed E-state index contributed by atoms with van der Waals surface area (Å²) in [5, 5.41) is 10.2. The highest BCUT2D eigenvalue weighted by molar-refractivity contribution is 6.22. The Morgan fingerprint density at radius 3 is 1.48 bits per heavy atom. The average Bonchev–Trinajstić information content (AvgIpc) is 3.13. The van der Waals surface area contributed by atoms with E-state index in [1.165, 1.54) is 87.6 Å². The van der Waals surface area contributed by atoms with E-state index in [0.29, 0.717) is 0 Å². The Morgan fingerprint density at radius 2 is 0.848 bits per heavy atom. The van der Waals surface area contributed by atoms with Gasteiger partial charge in [-0.2, -0.15) is 0 Å². The zero-order valence-corrected chi connectivity index (χ0v) is 25.6. The molecule has 0 atom stereocenters. The van der Waals surface area contributed by atoms with Crippen molar-refractivity contribution in [1.29, 1.82) is 0 Å². The number of rotatable bonds is 4. The topological polar surface area (TPSA) is 0 Å². The lowest BCUT2D eigenvalue weighted by Gasteiger charge is -2.21. The van der Waals surface area contributed by atoms with Gasteiger partial charge in [0.25, 0.3) is 0 Å². The average molecular weight is 585 g/mol. The van der Waals surface area contributed by atoms with Crippen LogP contribution in [0.4, 0.5) is 0 Å². The van der Waals surface area contributed by atoms with Gasteiger partial charge in [-0.05, 0) is 119 Å². The second-order valence-electron chi connectivity index (χ2n) is 12.4. The molecule has 0 fully saturated rings. The van der Waals surface area contributed by atoms with Crippen LogP contribution in [0.1, 0.15) is 18.4 Å². The van der Waals surface area contributed by atoms with Gasteiger partial charge >= 0.3 is 0 Å². The molecule has 1 aliphatic rings. The fourth-order valence-corrected chi connectivity index (χ4v) is 7.49. The Labute approximate surface area is 269 Å². The lowest BCUT2D eigenvalue weighted by atomic mass is 9.82. The Balaban J connectivity index is 1.23. The first-order valence-electron chi connectivity index (χ1n) is 16.2. The summed E-state index contributed by atoms with van der Waals surface area (Å²) in [5.74, 6) is 0. The van der Waals surface area contributed by atoms with Crippen LogP contribution in [0.5, 0.6) is 0 Å². The molecule has 0 radical (unpaired) electrons. The van der Waals surface area contributed by atoms with Gasteiger partial charge in [0.2, 0.25) is 0 Å². The van der Waals surface area contributed by atoms with Gasteiger partial charge in [0, 0.05) is 0 Å². The van der Waals surface area contributed by atoms with Crippen LogP contribution < -0.4 is 0 Å². The number of hydrogen-bond donors (Lipinski definition) is 0. The molecule has 1 aliphatic carbocycles. The number of fused-ring (bicyclic) bond motifs is 4. The molecule has 0 unspecified atom stereocenters. The first-order valence-corrected chi connectivity index (χ1v) is 16.2. The van der Waals surface area contributed by atoms with Crippen molar-refractivity contribution in [3.63, 3.8) is 0 Å². The SMILES string of the molecule is C1=CCCC(c2ccccc2-c2c3ccccc3c(-c3ccc4cc(-c5ccc6ccccc6c5)ccc4c3)c3ccccc23)=C1. The number of benzene rings is 8. The summed E-state index contributed by atoms with van der Waals surface area (Å²) >= 11 is 0. The third-order valence-corrected chi connectivity index (χ3v) is 9.70. The Bertz CT molecular complexity index is 2470. The zero-order chi connectivity index (χ0) is 30.5. The zero-order valence-electron chi connectivity index (χ0n) is 25.6. The van der Waals surface area contributed by atoms with E-state index in [1.54, 1.807) is 0 Å². The van der Waals surface area contributed by atoms with Gasteiger partial charge < -0.3 is 0 Å². The molecule has 0 saturated heterocycles. The largest absolute Gasteiger partial charge is 0.0842 e. The molecule has 46 heavy (non-hydrogen) atoms. The molecule has 8 aromatic rings. The molecule has 216 valence electrons. The van der Waals surface area contributed by atoms with E-state index in [1.807, 2.05) is 0 Å². The highest BCUT2D eigenvalue weighted by Gasteiger charge is 2.19. The monoisotopic (exact) mass is 584 g/mol. The van der Waals surface area contributed by atoms with Gasteiger partial charge in [-0.25, -0.2) is 0 Å². The maximum atomic E-state index is 2.38. The maximum Gasteiger partial charge on any atom is -0.00203 e. The van der Waals surface area contributed by atoms with Crippen molar-refractivity contribution in [2.45, 2.75) is 12.8 Å². The number of allylic oxidation sites excluding steroid dienone is 4. The fourth-order valence-electron chi connectivity index (χ4n) is 7.49. The summed E-state index contributed by atoms with van der Waals surface area (Å²) in [4.78, 5) is 0. The lowest BCUT2D eigenvalue weighted by molar-refractivity contribution is 1.05. The van der Waals surface area contributed by atoms with Crippen molar-refractivity contribution < 1.29 is 0 Å². The molecule has 0 N–H and O–H groups in total. The van der Waals surface area contributed by atoms with Crippen LogP contribution in [-0.4, -0.2) is 0 Å². The summed E-state index contributed by atoms with van der Waals surface area (Å²) in [6.07, 6.45) is 8.92. The minimum absolute atomic E-state index is 1.07. The molecule has 9 rings (SSSR count). The first kappa shape index (κ1) is 26.7. The van der Waals surface area contributed by atoms with Crippen molar-refractivity contribution in [2.24, 2.45) is 0 Å². The van der Waals surface area contributed by atoms with Gasteiger partial charge in [-0.15, -0.1) is 0 Å². The van der Waals surface area contributed by atoms with Crippen molar-refractivity contribution in [1.82, 2.24) is 0 Å². The van der Waals surface area contributed by atoms with Gasteiger partial charge in [0.05, 0.1) is 0 Å². The van der Waals surface area contributed by atoms with Crippen molar-refractivity contribution in [2.75, 3.05) is 0 Å². The van der Waals surface area contributed by atoms with Crippen LogP contribution in [0, 0.1) is 0 Å². The standard InChI is InChI=1S/C46H32/c1-2-13-32(14-3-1)39-16-6-7-17-40(39)46-43-20-10-8-18-41(43)45(42-19-9-11-21-44(42)46)38-27-26-36-29-35(24-25-37(36)30-38)34-23-22-31-12-4-5-15-33(31)28-34/h1-2,4-13,15-30H,3,14H2. The Hall–Kier alpha value is -5.72. The summed E-state index contributed by atoms with van der Waals surface area (Å²) in [6, 6.07) is 56.1. The molecule has 0 heteroatoms. The molecule has 0 spiro atoms. The summed E-state index contributed by atoms with van der Waals surface area (Å²) in [7, 11) is 0. The molecular formula is C46H32. The minimum atomic E-state index is 1.07. The predicted octanol–water partition coefficient (Wildman–Crippen LogP) is 13.0. The second kappa shape index (κ2) is 11.0. The molecule has 0 aromatic heterocycles. The van der Waals surface area contributed by atoms with Crippen LogP contribution in [0.25, 0.3) is 82.0 Å². The third kappa shape index (κ3) is 4.45. The molecular weight excluding hydrogens is 553 g/mol. The Kier molecular flexibility index (Phi) is 6.39.